The standard InChI is InChI=1S/C22H18N2OS/c1-4-10-17(11-5-1)21(18-12-6-2-7-13-18)26-16-20-23-24-22(25-20)19-14-8-3-9-15-19/h1-15,21H,16H2. The van der Waals surface area contributed by atoms with Crippen molar-refractivity contribution in [1.82, 2.24) is 10.2 Å². The molecule has 1 heterocycles. The number of rotatable bonds is 6. The Labute approximate surface area is 157 Å². The second kappa shape index (κ2) is 8.02. The van der Waals surface area contributed by atoms with E-state index in [4.69, 9.17) is 4.42 Å². The highest BCUT2D eigenvalue weighted by Gasteiger charge is 2.16. The van der Waals surface area contributed by atoms with E-state index in [1.54, 1.807) is 11.8 Å². The first-order chi connectivity index (χ1) is 12.9. The van der Waals surface area contributed by atoms with E-state index in [1.807, 2.05) is 42.5 Å². The molecular weight excluding hydrogens is 340 g/mol. The lowest BCUT2D eigenvalue weighted by atomic mass is 10.0. The van der Waals surface area contributed by atoms with Gasteiger partial charge in [0.25, 0.3) is 0 Å². The first-order valence-electron chi connectivity index (χ1n) is 8.49. The number of hydrogen-bond donors (Lipinski definition) is 0. The fourth-order valence-corrected chi connectivity index (χ4v) is 3.93. The predicted molar refractivity (Wildman–Crippen MR) is 106 cm³/mol. The van der Waals surface area contributed by atoms with E-state index < -0.39 is 0 Å². The van der Waals surface area contributed by atoms with Crippen LogP contribution in [0.2, 0.25) is 0 Å². The van der Waals surface area contributed by atoms with E-state index >= 15 is 0 Å². The van der Waals surface area contributed by atoms with Gasteiger partial charge in [0, 0.05) is 5.56 Å². The summed E-state index contributed by atoms with van der Waals surface area (Å²) in [5.41, 5.74) is 3.48. The van der Waals surface area contributed by atoms with Gasteiger partial charge in [0.15, 0.2) is 0 Å². The number of hydrogen-bond acceptors (Lipinski definition) is 4. The van der Waals surface area contributed by atoms with Crippen molar-refractivity contribution >= 4 is 11.8 Å². The highest BCUT2D eigenvalue weighted by atomic mass is 32.2. The van der Waals surface area contributed by atoms with Gasteiger partial charge in [0.1, 0.15) is 0 Å². The molecule has 4 rings (SSSR count). The molecule has 0 N–H and O–H groups in total. The molecule has 0 aliphatic heterocycles. The maximum atomic E-state index is 5.85. The minimum Gasteiger partial charge on any atom is -0.420 e. The van der Waals surface area contributed by atoms with Gasteiger partial charge < -0.3 is 4.42 Å². The summed E-state index contributed by atoms with van der Waals surface area (Å²) in [6.07, 6.45) is 0. The third kappa shape index (κ3) is 3.86. The molecule has 0 unspecified atom stereocenters. The Morgan fingerprint density at radius 2 is 1.23 bits per heavy atom. The molecule has 3 nitrogen and oxygen atoms in total. The Kier molecular flexibility index (Phi) is 5.12. The zero-order valence-electron chi connectivity index (χ0n) is 14.2. The van der Waals surface area contributed by atoms with Crippen LogP contribution < -0.4 is 0 Å². The van der Waals surface area contributed by atoms with Gasteiger partial charge in [-0.15, -0.1) is 22.0 Å². The van der Waals surface area contributed by atoms with Crippen molar-refractivity contribution in [2.45, 2.75) is 11.0 Å². The van der Waals surface area contributed by atoms with Crippen molar-refractivity contribution in [1.29, 1.82) is 0 Å². The molecule has 4 heteroatoms. The fraction of sp³-hybridized carbons (Fsp3) is 0.0909. The average Bonchev–Trinajstić information content (AvgIpc) is 3.20. The fourth-order valence-electron chi connectivity index (χ4n) is 2.80. The smallest absolute Gasteiger partial charge is 0.247 e. The van der Waals surface area contributed by atoms with Crippen molar-refractivity contribution < 1.29 is 4.42 Å². The Hall–Kier alpha value is -2.85. The quantitative estimate of drug-likeness (QED) is 0.439. The van der Waals surface area contributed by atoms with E-state index in [1.165, 1.54) is 11.1 Å². The van der Waals surface area contributed by atoms with Gasteiger partial charge in [-0.2, -0.15) is 0 Å². The molecule has 128 valence electrons. The molecule has 1 aromatic heterocycles. The summed E-state index contributed by atoms with van der Waals surface area (Å²) in [6.45, 7) is 0. The van der Waals surface area contributed by atoms with Crippen molar-refractivity contribution in [3.05, 3.63) is 108 Å². The van der Waals surface area contributed by atoms with Crippen LogP contribution in [-0.2, 0) is 5.75 Å². The summed E-state index contributed by atoms with van der Waals surface area (Å²) >= 11 is 1.79. The van der Waals surface area contributed by atoms with Crippen molar-refractivity contribution in [3.8, 4) is 11.5 Å². The third-order valence-electron chi connectivity index (χ3n) is 4.07. The van der Waals surface area contributed by atoms with Gasteiger partial charge in [-0.1, -0.05) is 78.9 Å². The molecule has 0 amide bonds. The number of aromatic nitrogens is 2. The van der Waals surface area contributed by atoms with Crippen molar-refractivity contribution in [3.63, 3.8) is 0 Å². The van der Waals surface area contributed by atoms with Crippen LogP contribution in [-0.4, -0.2) is 10.2 Å². The summed E-state index contributed by atoms with van der Waals surface area (Å²) in [5, 5.41) is 8.62. The van der Waals surface area contributed by atoms with Gasteiger partial charge in [-0.05, 0) is 23.3 Å². The zero-order chi connectivity index (χ0) is 17.6. The van der Waals surface area contributed by atoms with E-state index in [0.717, 1.165) is 5.56 Å². The van der Waals surface area contributed by atoms with E-state index in [9.17, 15) is 0 Å². The molecule has 0 aliphatic carbocycles. The van der Waals surface area contributed by atoms with Gasteiger partial charge >= 0.3 is 0 Å². The van der Waals surface area contributed by atoms with Crippen LogP contribution in [0.1, 0.15) is 22.3 Å². The number of nitrogens with zero attached hydrogens (tertiary/aromatic N) is 2. The highest BCUT2D eigenvalue weighted by molar-refractivity contribution is 7.98. The Morgan fingerprint density at radius 1 is 0.692 bits per heavy atom. The predicted octanol–water partition coefficient (Wildman–Crippen LogP) is 5.76. The second-order valence-electron chi connectivity index (χ2n) is 5.88. The highest BCUT2D eigenvalue weighted by Crippen LogP contribution is 2.37. The molecule has 0 bridgehead atoms. The Balaban J connectivity index is 1.53. The monoisotopic (exact) mass is 358 g/mol. The van der Waals surface area contributed by atoms with Crippen LogP contribution in [0, 0.1) is 0 Å². The molecule has 0 saturated carbocycles. The van der Waals surface area contributed by atoms with Crippen LogP contribution in [0.15, 0.2) is 95.4 Å². The third-order valence-corrected chi connectivity index (χ3v) is 5.36. The lowest BCUT2D eigenvalue weighted by Crippen LogP contribution is -1.97. The Morgan fingerprint density at radius 3 is 1.81 bits per heavy atom. The first kappa shape index (κ1) is 16.6. The van der Waals surface area contributed by atoms with E-state index in [-0.39, 0.29) is 5.25 Å². The van der Waals surface area contributed by atoms with Crippen LogP contribution in [0.4, 0.5) is 0 Å². The lowest BCUT2D eigenvalue weighted by molar-refractivity contribution is 0.528. The normalized spacial score (nSPS) is 11.0. The Bertz CT molecular complexity index is 900. The molecular formula is C22H18N2OS. The van der Waals surface area contributed by atoms with Gasteiger partial charge in [-0.3, -0.25) is 0 Å². The van der Waals surface area contributed by atoms with Crippen LogP contribution >= 0.6 is 11.8 Å². The number of benzene rings is 3. The lowest BCUT2D eigenvalue weighted by Gasteiger charge is -2.16. The second-order valence-corrected chi connectivity index (χ2v) is 6.97. The summed E-state index contributed by atoms with van der Waals surface area (Å²) < 4.78 is 5.85. The molecule has 0 aliphatic rings. The average molecular weight is 358 g/mol. The van der Waals surface area contributed by atoms with E-state index in [2.05, 4.69) is 58.7 Å². The van der Waals surface area contributed by atoms with Crippen molar-refractivity contribution in [2.24, 2.45) is 0 Å². The maximum Gasteiger partial charge on any atom is 0.247 e. The molecule has 3 aromatic carbocycles. The molecule has 0 radical (unpaired) electrons. The van der Waals surface area contributed by atoms with Crippen LogP contribution in [0.25, 0.3) is 11.5 Å². The molecule has 4 aromatic rings. The summed E-state index contributed by atoms with van der Waals surface area (Å²) in [5.74, 6) is 1.87. The molecule has 0 fully saturated rings. The molecule has 0 spiro atoms. The summed E-state index contributed by atoms with van der Waals surface area (Å²) in [6, 6.07) is 30.9. The molecule has 0 saturated heterocycles. The summed E-state index contributed by atoms with van der Waals surface area (Å²) in [4.78, 5) is 0. The SMILES string of the molecule is c1ccc(-c2nnc(CSC(c3ccccc3)c3ccccc3)o2)cc1. The minimum absolute atomic E-state index is 0.226. The van der Waals surface area contributed by atoms with Gasteiger partial charge in [0.2, 0.25) is 11.8 Å². The largest absolute Gasteiger partial charge is 0.420 e. The topological polar surface area (TPSA) is 38.9 Å². The molecule has 0 atom stereocenters. The van der Waals surface area contributed by atoms with Gasteiger partial charge in [-0.25, -0.2) is 0 Å². The molecule has 26 heavy (non-hydrogen) atoms. The van der Waals surface area contributed by atoms with Crippen molar-refractivity contribution in [2.75, 3.05) is 0 Å². The number of thioether (sulfide) groups is 1. The summed E-state index contributed by atoms with van der Waals surface area (Å²) in [7, 11) is 0. The maximum absolute atomic E-state index is 5.85. The van der Waals surface area contributed by atoms with E-state index in [0.29, 0.717) is 17.5 Å². The van der Waals surface area contributed by atoms with Crippen LogP contribution in [0.5, 0.6) is 0 Å². The van der Waals surface area contributed by atoms with Gasteiger partial charge in [0.05, 0.1) is 11.0 Å². The minimum atomic E-state index is 0.226. The van der Waals surface area contributed by atoms with Crippen LogP contribution in [0.3, 0.4) is 0 Å². The zero-order valence-corrected chi connectivity index (χ0v) is 15.0. The first-order valence-corrected chi connectivity index (χ1v) is 9.54.